The van der Waals surface area contributed by atoms with Gasteiger partial charge >= 0.3 is 0 Å². The third-order valence-corrected chi connectivity index (χ3v) is 3.38. The Hall–Kier alpha value is -0.570. The van der Waals surface area contributed by atoms with E-state index in [1.54, 1.807) is 0 Å². The molecule has 0 heterocycles. The van der Waals surface area contributed by atoms with Crippen LogP contribution in [0.5, 0.6) is 0 Å². The maximum Gasteiger partial charge on any atom is 0.222 e. The van der Waals surface area contributed by atoms with Crippen molar-refractivity contribution in [2.24, 2.45) is 17.6 Å². The van der Waals surface area contributed by atoms with Gasteiger partial charge in [0.25, 0.3) is 0 Å². The van der Waals surface area contributed by atoms with Crippen LogP contribution < -0.4 is 5.73 Å². The summed E-state index contributed by atoms with van der Waals surface area (Å²) < 4.78 is 0. The summed E-state index contributed by atoms with van der Waals surface area (Å²) in [5.41, 5.74) is 5.52. The summed E-state index contributed by atoms with van der Waals surface area (Å²) in [6.45, 7) is 8.20. The summed E-state index contributed by atoms with van der Waals surface area (Å²) in [6, 6.07) is 0.551. The van der Waals surface area contributed by atoms with Crippen LogP contribution in [0.1, 0.15) is 52.9 Å². The summed E-state index contributed by atoms with van der Waals surface area (Å²) in [6.07, 6.45) is 5.12. The lowest BCUT2D eigenvalue weighted by Gasteiger charge is -2.25. The fourth-order valence-electron chi connectivity index (χ4n) is 2.18. The van der Waals surface area contributed by atoms with E-state index in [4.69, 9.17) is 5.73 Å². The minimum absolute atomic E-state index is 0.352. The predicted octanol–water partition coefficient (Wildman–Crippen LogP) is 2.40. The number of carbonyl (C=O) groups excluding carboxylic acids is 1. The van der Waals surface area contributed by atoms with Crippen molar-refractivity contribution in [1.29, 1.82) is 0 Å². The first-order valence-corrected chi connectivity index (χ1v) is 7.04. The van der Waals surface area contributed by atoms with E-state index in [0.717, 1.165) is 25.9 Å². The molecule has 1 amide bonds. The Bertz CT molecular complexity index is 236. The summed E-state index contributed by atoms with van der Waals surface area (Å²) in [7, 11) is 0. The molecule has 0 aliphatic heterocycles. The number of hydrogen-bond acceptors (Lipinski definition) is 2. The molecule has 100 valence electrons. The Morgan fingerprint density at radius 2 is 1.94 bits per heavy atom. The molecule has 2 N–H and O–H groups in total. The van der Waals surface area contributed by atoms with E-state index in [2.05, 4.69) is 25.7 Å². The molecule has 1 atom stereocenters. The van der Waals surface area contributed by atoms with E-state index in [1.165, 1.54) is 12.8 Å². The zero-order chi connectivity index (χ0) is 12.8. The van der Waals surface area contributed by atoms with Gasteiger partial charge in [-0.15, -0.1) is 0 Å². The molecule has 0 aromatic carbocycles. The van der Waals surface area contributed by atoms with Crippen molar-refractivity contribution in [3.63, 3.8) is 0 Å². The van der Waals surface area contributed by atoms with Gasteiger partial charge in [0.2, 0.25) is 5.91 Å². The van der Waals surface area contributed by atoms with Gasteiger partial charge in [0, 0.05) is 19.0 Å². The van der Waals surface area contributed by atoms with Crippen molar-refractivity contribution in [3.05, 3.63) is 0 Å². The number of rotatable bonds is 8. The van der Waals surface area contributed by atoms with Gasteiger partial charge < -0.3 is 10.6 Å². The zero-order valence-corrected chi connectivity index (χ0v) is 11.6. The van der Waals surface area contributed by atoms with E-state index in [1.807, 2.05) is 0 Å². The quantitative estimate of drug-likeness (QED) is 0.708. The lowest BCUT2D eigenvalue weighted by atomic mass is 10.0. The summed E-state index contributed by atoms with van der Waals surface area (Å²) in [5, 5.41) is 0. The first-order chi connectivity index (χ1) is 8.04. The Balaban J connectivity index is 2.32. The third-order valence-electron chi connectivity index (χ3n) is 3.38. The van der Waals surface area contributed by atoms with Gasteiger partial charge in [-0.2, -0.15) is 0 Å². The molecular formula is C14H28N2O. The Kier molecular flexibility index (Phi) is 5.96. The van der Waals surface area contributed by atoms with Gasteiger partial charge in [0.05, 0.1) is 0 Å². The van der Waals surface area contributed by atoms with Crippen molar-refractivity contribution >= 4 is 5.91 Å². The second-order valence-corrected chi connectivity index (χ2v) is 5.89. The number of amides is 1. The van der Waals surface area contributed by atoms with Crippen LogP contribution in [0.4, 0.5) is 0 Å². The molecule has 0 aromatic rings. The first-order valence-electron chi connectivity index (χ1n) is 7.04. The van der Waals surface area contributed by atoms with E-state index < -0.39 is 0 Å². The smallest absolute Gasteiger partial charge is 0.222 e. The average molecular weight is 240 g/mol. The maximum absolute atomic E-state index is 12.2. The van der Waals surface area contributed by atoms with Crippen LogP contribution in [0.2, 0.25) is 0 Å². The molecule has 1 aliphatic carbocycles. The predicted molar refractivity (Wildman–Crippen MR) is 71.6 cm³/mol. The van der Waals surface area contributed by atoms with Crippen molar-refractivity contribution in [2.75, 3.05) is 13.1 Å². The molecule has 1 aliphatic rings. The molecule has 1 unspecified atom stereocenters. The van der Waals surface area contributed by atoms with Gasteiger partial charge in [-0.1, -0.05) is 20.8 Å². The molecule has 0 radical (unpaired) electrons. The highest BCUT2D eigenvalue weighted by Crippen LogP contribution is 2.28. The number of hydrogen-bond donors (Lipinski definition) is 1. The number of nitrogens with zero attached hydrogens (tertiary/aromatic N) is 1. The Morgan fingerprint density at radius 1 is 1.29 bits per heavy atom. The summed E-state index contributed by atoms with van der Waals surface area (Å²) >= 11 is 0. The van der Waals surface area contributed by atoms with Gasteiger partial charge in [-0.3, -0.25) is 4.79 Å². The van der Waals surface area contributed by atoms with Gasteiger partial charge in [0.1, 0.15) is 0 Å². The van der Waals surface area contributed by atoms with Crippen LogP contribution in [0.25, 0.3) is 0 Å². The first kappa shape index (κ1) is 14.5. The second kappa shape index (κ2) is 7.00. The maximum atomic E-state index is 12.2. The highest BCUT2D eigenvalue weighted by Gasteiger charge is 2.32. The fraction of sp³-hybridized carbons (Fsp3) is 0.929. The molecule has 17 heavy (non-hydrogen) atoms. The van der Waals surface area contributed by atoms with Crippen molar-refractivity contribution in [2.45, 2.75) is 58.9 Å². The van der Waals surface area contributed by atoms with E-state index in [9.17, 15) is 4.79 Å². The van der Waals surface area contributed by atoms with Gasteiger partial charge in [-0.25, -0.2) is 0 Å². The monoisotopic (exact) mass is 240 g/mol. The molecular weight excluding hydrogens is 212 g/mol. The van der Waals surface area contributed by atoms with E-state index in [0.29, 0.717) is 30.2 Å². The fourth-order valence-corrected chi connectivity index (χ4v) is 2.18. The molecule has 0 spiro atoms. The lowest BCUT2D eigenvalue weighted by Crippen LogP contribution is -2.36. The molecule has 3 nitrogen and oxygen atoms in total. The van der Waals surface area contributed by atoms with E-state index in [-0.39, 0.29) is 0 Å². The zero-order valence-electron chi connectivity index (χ0n) is 11.6. The van der Waals surface area contributed by atoms with Crippen LogP contribution in [0.3, 0.4) is 0 Å². The van der Waals surface area contributed by atoms with Gasteiger partial charge in [0.15, 0.2) is 0 Å². The Labute approximate surface area is 106 Å². The third kappa shape index (κ3) is 5.53. The molecule has 0 saturated heterocycles. The Morgan fingerprint density at radius 3 is 2.41 bits per heavy atom. The van der Waals surface area contributed by atoms with Crippen molar-refractivity contribution in [3.8, 4) is 0 Å². The van der Waals surface area contributed by atoms with Crippen LogP contribution in [0, 0.1) is 11.8 Å². The lowest BCUT2D eigenvalue weighted by molar-refractivity contribution is -0.132. The molecule has 0 bridgehead atoms. The highest BCUT2D eigenvalue weighted by molar-refractivity contribution is 5.76. The number of carbonyl (C=O) groups is 1. The normalized spacial score (nSPS) is 17.2. The SMILES string of the molecule is CC(C)CN(C(=O)CCC(C)CCN)C1CC1. The van der Waals surface area contributed by atoms with Crippen molar-refractivity contribution in [1.82, 2.24) is 4.90 Å². The molecule has 3 heteroatoms. The second-order valence-electron chi connectivity index (χ2n) is 5.89. The summed E-state index contributed by atoms with van der Waals surface area (Å²) in [5.74, 6) is 1.50. The van der Waals surface area contributed by atoms with Crippen LogP contribution in [-0.2, 0) is 4.79 Å². The number of nitrogens with two attached hydrogens (primary N) is 1. The largest absolute Gasteiger partial charge is 0.339 e. The summed E-state index contributed by atoms with van der Waals surface area (Å²) in [4.78, 5) is 14.3. The molecule has 1 fully saturated rings. The van der Waals surface area contributed by atoms with E-state index >= 15 is 0 Å². The minimum Gasteiger partial charge on any atom is -0.339 e. The van der Waals surface area contributed by atoms with Crippen molar-refractivity contribution < 1.29 is 4.79 Å². The molecule has 0 aromatic heterocycles. The van der Waals surface area contributed by atoms with Crippen LogP contribution in [0.15, 0.2) is 0 Å². The standard InChI is InChI=1S/C14H28N2O/c1-11(2)10-16(13-5-6-13)14(17)7-4-12(3)8-9-15/h11-13H,4-10,15H2,1-3H3. The molecule has 1 saturated carbocycles. The highest BCUT2D eigenvalue weighted by atomic mass is 16.2. The van der Waals surface area contributed by atoms with Gasteiger partial charge in [-0.05, 0) is 44.1 Å². The van der Waals surface area contributed by atoms with Crippen LogP contribution >= 0.6 is 0 Å². The van der Waals surface area contributed by atoms with Crippen LogP contribution in [-0.4, -0.2) is 29.9 Å². The topological polar surface area (TPSA) is 46.3 Å². The average Bonchev–Trinajstić information content (AvgIpc) is 3.06. The molecule has 1 rings (SSSR count). The minimum atomic E-state index is 0.352.